The molecule has 0 heterocycles. The van der Waals surface area contributed by atoms with Gasteiger partial charge in [0.15, 0.2) is 9.84 Å². The third-order valence-electron chi connectivity index (χ3n) is 2.26. The molecule has 0 aliphatic heterocycles. The molecule has 0 saturated heterocycles. The maximum Gasteiger partial charge on any atom is 0.152 e. The molecule has 4 nitrogen and oxygen atoms in total. The van der Waals surface area contributed by atoms with Crippen LogP contribution in [0.4, 0.5) is 0 Å². The summed E-state index contributed by atoms with van der Waals surface area (Å²) in [5, 5.41) is 8.56. The molecule has 0 bridgehead atoms. The Morgan fingerprint density at radius 2 is 2.06 bits per heavy atom. The Balaban J connectivity index is 2.29. The monoisotopic (exact) mass is 258 g/mol. The number of benzene rings is 1. The number of aliphatic hydroxyl groups is 1. The van der Waals surface area contributed by atoms with E-state index < -0.39 is 9.84 Å². The number of rotatable bonds is 7. The van der Waals surface area contributed by atoms with Crippen molar-refractivity contribution in [2.75, 3.05) is 24.7 Å². The van der Waals surface area contributed by atoms with Crippen molar-refractivity contribution in [2.24, 2.45) is 0 Å². The molecule has 0 unspecified atom stereocenters. The van der Waals surface area contributed by atoms with Crippen molar-refractivity contribution in [3.05, 3.63) is 29.8 Å². The summed E-state index contributed by atoms with van der Waals surface area (Å²) in [6.07, 6.45) is 0.441. The summed E-state index contributed by atoms with van der Waals surface area (Å²) in [4.78, 5) is 0. The quantitative estimate of drug-likeness (QED) is 0.746. The lowest BCUT2D eigenvalue weighted by atomic mass is 10.2. The molecule has 17 heavy (non-hydrogen) atoms. The zero-order valence-corrected chi connectivity index (χ0v) is 10.7. The molecule has 0 amide bonds. The highest BCUT2D eigenvalue weighted by Crippen LogP contribution is 2.12. The Morgan fingerprint density at radius 1 is 1.29 bits per heavy atom. The summed E-state index contributed by atoms with van der Waals surface area (Å²) in [6.45, 7) is 2.02. The summed E-state index contributed by atoms with van der Waals surface area (Å²) < 4.78 is 28.0. The van der Waals surface area contributed by atoms with E-state index in [1.807, 2.05) is 31.2 Å². The first-order chi connectivity index (χ1) is 8.03. The first-order valence-electron chi connectivity index (χ1n) is 5.54. The Labute approximate surface area is 102 Å². The normalized spacial score (nSPS) is 11.4. The number of sulfone groups is 1. The number of ether oxygens (including phenoxy) is 1. The molecular weight excluding hydrogens is 240 g/mol. The lowest BCUT2D eigenvalue weighted by molar-refractivity contribution is 0.313. The van der Waals surface area contributed by atoms with Gasteiger partial charge in [-0.2, -0.15) is 0 Å². The molecule has 5 heteroatoms. The number of hydrogen-bond acceptors (Lipinski definition) is 4. The molecule has 1 aromatic rings. The Hall–Kier alpha value is -1.07. The molecule has 0 aliphatic rings. The van der Waals surface area contributed by atoms with E-state index in [4.69, 9.17) is 9.84 Å². The molecule has 0 radical (unpaired) electrons. The van der Waals surface area contributed by atoms with E-state index in [0.29, 0.717) is 13.0 Å². The predicted octanol–water partition coefficient (Wildman–Crippen LogP) is 1.17. The second-order valence-electron chi connectivity index (χ2n) is 3.89. The summed E-state index contributed by atoms with van der Waals surface area (Å²) in [5.74, 6) is 0.640. The predicted molar refractivity (Wildman–Crippen MR) is 67.0 cm³/mol. The fourth-order valence-corrected chi connectivity index (χ4v) is 2.46. The second kappa shape index (κ2) is 6.61. The summed E-state index contributed by atoms with van der Waals surface area (Å²) in [5.41, 5.74) is 1.11. The van der Waals surface area contributed by atoms with Gasteiger partial charge in [0.1, 0.15) is 5.75 Å². The van der Waals surface area contributed by atoms with Gasteiger partial charge >= 0.3 is 0 Å². The summed E-state index contributed by atoms with van der Waals surface area (Å²) in [7, 11) is -3.12. The van der Waals surface area contributed by atoms with Gasteiger partial charge in [-0.3, -0.25) is 0 Å². The zero-order chi connectivity index (χ0) is 12.7. The summed E-state index contributed by atoms with van der Waals surface area (Å²) >= 11 is 0. The number of hydrogen-bond donors (Lipinski definition) is 1. The number of aryl methyl sites for hydroxylation is 1. The third kappa shape index (κ3) is 5.70. The molecule has 0 saturated carbocycles. The molecule has 1 rings (SSSR count). The van der Waals surface area contributed by atoms with E-state index >= 15 is 0 Å². The van der Waals surface area contributed by atoms with E-state index in [-0.39, 0.29) is 18.1 Å². The van der Waals surface area contributed by atoms with Crippen LogP contribution in [0.1, 0.15) is 12.0 Å². The van der Waals surface area contributed by atoms with E-state index in [0.717, 1.165) is 11.3 Å². The summed E-state index contributed by atoms with van der Waals surface area (Å²) in [6, 6.07) is 7.61. The van der Waals surface area contributed by atoms with E-state index in [1.54, 1.807) is 0 Å². The van der Waals surface area contributed by atoms with Gasteiger partial charge in [0, 0.05) is 0 Å². The second-order valence-corrected chi connectivity index (χ2v) is 6.20. The van der Waals surface area contributed by atoms with Crippen molar-refractivity contribution in [1.29, 1.82) is 0 Å². The van der Waals surface area contributed by atoms with Crippen molar-refractivity contribution in [2.45, 2.75) is 13.3 Å². The topological polar surface area (TPSA) is 63.6 Å². The SMILES string of the molecule is Cc1cccc(OCCCS(=O)(=O)CCO)c1. The van der Waals surface area contributed by atoms with Crippen LogP contribution in [0.3, 0.4) is 0 Å². The van der Waals surface area contributed by atoms with Crippen molar-refractivity contribution >= 4 is 9.84 Å². The third-order valence-corrected chi connectivity index (χ3v) is 3.98. The van der Waals surface area contributed by atoms with E-state index in [2.05, 4.69) is 0 Å². The smallest absolute Gasteiger partial charge is 0.152 e. The van der Waals surface area contributed by atoms with Crippen LogP contribution in [0.5, 0.6) is 5.75 Å². The minimum atomic E-state index is -3.12. The van der Waals surface area contributed by atoms with Gasteiger partial charge in [0.25, 0.3) is 0 Å². The van der Waals surface area contributed by atoms with Crippen LogP contribution in [-0.4, -0.2) is 38.2 Å². The largest absolute Gasteiger partial charge is 0.494 e. The van der Waals surface area contributed by atoms with Gasteiger partial charge in [0.05, 0.1) is 24.7 Å². The van der Waals surface area contributed by atoms with E-state index in [9.17, 15) is 8.42 Å². The molecule has 0 fully saturated rings. The van der Waals surface area contributed by atoms with Crippen LogP contribution < -0.4 is 4.74 Å². The van der Waals surface area contributed by atoms with Crippen LogP contribution in [-0.2, 0) is 9.84 Å². The average Bonchev–Trinajstić information content (AvgIpc) is 2.24. The lowest BCUT2D eigenvalue weighted by Crippen LogP contribution is -2.15. The zero-order valence-electron chi connectivity index (χ0n) is 9.93. The molecule has 0 aliphatic carbocycles. The van der Waals surface area contributed by atoms with E-state index in [1.165, 1.54) is 0 Å². The number of aliphatic hydroxyl groups excluding tert-OH is 1. The molecule has 1 aromatic carbocycles. The van der Waals surface area contributed by atoms with Crippen LogP contribution in [0.2, 0.25) is 0 Å². The van der Waals surface area contributed by atoms with Crippen LogP contribution in [0, 0.1) is 6.92 Å². The Bertz CT molecular complexity index is 440. The molecular formula is C12H18O4S. The lowest BCUT2D eigenvalue weighted by Gasteiger charge is -2.06. The van der Waals surface area contributed by atoms with Crippen LogP contribution in [0.15, 0.2) is 24.3 Å². The highest BCUT2D eigenvalue weighted by Gasteiger charge is 2.09. The minimum absolute atomic E-state index is 0.0549. The molecule has 0 spiro atoms. The molecule has 0 aromatic heterocycles. The maximum absolute atomic E-state index is 11.3. The van der Waals surface area contributed by atoms with Crippen molar-refractivity contribution in [3.8, 4) is 5.75 Å². The van der Waals surface area contributed by atoms with Gasteiger partial charge < -0.3 is 9.84 Å². The fraction of sp³-hybridized carbons (Fsp3) is 0.500. The highest BCUT2D eigenvalue weighted by atomic mass is 32.2. The minimum Gasteiger partial charge on any atom is -0.494 e. The fourth-order valence-electron chi connectivity index (χ4n) is 1.42. The molecule has 96 valence electrons. The maximum atomic E-state index is 11.3. The van der Waals surface area contributed by atoms with Crippen molar-refractivity contribution < 1.29 is 18.3 Å². The average molecular weight is 258 g/mol. The van der Waals surface area contributed by atoms with Crippen LogP contribution >= 0.6 is 0 Å². The van der Waals surface area contributed by atoms with Crippen molar-refractivity contribution in [1.82, 2.24) is 0 Å². The standard InChI is InChI=1S/C12H18O4S/c1-11-4-2-5-12(10-11)16-7-3-8-17(14,15)9-6-13/h2,4-5,10,13H,3,6-9H2,1H3. The first-order valence-corrected chi connectivity index (χ1v) is 7.36. The van der Waals surface area contributed by atoms with Gasteiger partial charge in [-0.05, 0) is 31.0 Å². The Morgan fingerprint density at radius 3 is 2.71 bits per heavy atom. The van der Waals surface area contributed by atoms with Gasteiger partial charge in [-0.1, -0.05) is 12.1 Å². The first kappa shape index (κ1) is 14.0. The van der Waals surface area contributed by atoms with Crippen LogP contribution in [0.25, 0.3) is 0 Å². The highest BCUT2D eigenvalue weighted by molar-refractivity contribution is 7.91. The molecule has 0 atom stereocenters. The Kier molecular flexibility index (Phi) is 5.44. The van der Waals surface area contributed by atoms with Crippen molar-refractivity contribution in [3.63, 3.8) is 0 Å². The molecule has 1 N–H and O–H groups in total. The van der Waals surface area contributed by atoms with Gasteiger partial charge in [-0.15, -0.1) is 0 Å². The van der Waals surface area contributed by atoms with Gasteiger partial charge in [-0.25, -0.2) is 8.42 Å². The van der Waals surface area contributed by atoms with Gasteiger partial charge in [0.2, 0.25) is 0 Å².